The summed E-state index contributed by atoms with van der Waals surface area (Å²) in [6.07, 6.45) is 0. The first-order valence-electron chi connectivity index (χ1n) is 9.49. The van der Waals surface area contributed by atoms with Gasteiger partial charge in [-0.2, -0.15) is 4.31 Å². The van der Waals surface area contributed by atoms with Gasteiger partial charge in [0.15, 0.2) is 0 Å². The van der Waals surface area contributed by atoms with Crippen LogP contribution in [0.1, 0.15) is 15.9 Å². The van der Waals surface area contributed by atoms with Crippen molar-refractivity contribution in [1.29, 1.82) is 0 Å². The maximum absolute atomic E-state index is 13.1. The molecule has 1 N–H and O–H groups in total. The van der Waals surface area contributed by atoms with E-state index >= 15 is 0 Å². The van der Waals surface area contributed by atoms with Gasteiger partial charge in [0.1, 0.15) is 11.5 Å². The largest absolute Gasteiger partial charge is 0.497 e. The van der Waals surface area contributed by atoms with Crippen LogP contribution < -0.4 is 14.8 Å². The van der Waals surface area contributed by atoms with Crippen LogP contribution in [0.15, 0.2) is 77.7 Å². The first kappa shape index (κ1) is 22.3. The molecule has 0 aromatic heterocycles. The van der Waals surface area contributed by atoms with E-state index in [0.29, 0.717) is 17.1 Å². The highest BCUT2D eigenvalue weighted by molar-refractivity contribution is 7.89. The minimum Gasteiger partial charge on any atom is -0.497 e. The number of nitrogens with one attached hydrogen (secondary N) is 1. The highest BCUT2D eigenvalue weighted by Crippen LogP contribution is 2.29. The van der Waals surface area contributed by atoms with Gasteiger partial charge in [-0.25, -0.2) is 8.42 Å². The molecule has 0 spiro atoms. The maximum atomic E-state index is 13.1. The number of amides is 1. The minimum atomic E-state index is -3.81. The summed E-state index contributed by atoms with van der Waals surface area (Å²) in [7, 11) is 0.729. The molecule has 8 heteroatoms. The minimum absolute atomic E-state index is 0.0488. The fraction of sp³-hybridized carbons (Fsp3) is 0.174. The number of sulfonamides is 1. The van der Waals surface area contributed by atoms with Crippen LogP contribution >= 0.6 is 0 Å². The van der Waals surface area contributed by atoms with Crippen molar-refractivity contribution in [2.75, 3.05) is 26.6 Å². The first-order valence-corrected chi connectivity index (χ1v) is 10.9. The molecule has 7 nitrogen and oxygen atoms in total. The lowest BCUT2D eigenvalue weighted by molar-refractivity contribution is 0.102. The molecule has 0 saturated carbocycles. The Labute approximate surface area is 182 Å². The summed E-state index contributed by atoms with van der Waals surface area (Å²) < 4.78 is 37.9. The number of carbonyl (C=O) groups is 1. The molecule has 0 aliphatic rings. The van der Waals surface area contributed by atoms with E-state index in [-0.39, 0.29) is 23.0 Å². The van der Waals surface area contributed by atoms with Gasteiger partial charge in [-0.3, -0.25) is 4.79 Å². The molecule has 3 aromatic rings. The fourth-order valence-corrected chi connectivity index (χ4v) is 4.17. The van der Waals surface area contributed by atoms with Crippen molar-refractivity contribution in [3.8, 4) is 11.5 Å². The van der Waals surface area contributed by atoms with Crippen molar-refractivity contribution < 1.29 is 22.7 Å². The molecule has 0 radical (unpaired) electrons. The van der Waals surface area contributed by atoms with Crippen LogP contribution in [0.3, 0.4) is 0 Å². The second kappa shape index (κ2) is 9.63. The van der Waals surface area contributed by atoms with Crippen LogP contribution in [-0.4, -0.2) is 39.9 Å². The van der Waals surface area contributed by atoms with Crippen molar-refractivity contribution in [2.45, 2.75) is 11.4 Å². The van der Waals surface area contributed by atoms with Crippen molar-refractivity contribution >= 4 is 21.6 Å². The molecule has 1 amide bonds. The molecular weight excluding hydrogens is 416 g/mol. The fourth-order valence-electron chi connectivity index (χ4n) is 2.98. The number of benzene rings is 3. The van der Waals surface area contributed by atoms with Gasteiger partial charge in [0.25, 0.3) is 5.91 Å². The molecule has 0 atom stereocenters. The van der Waals surface area contributed by atoms with Gasteiger partial charge in [0.05, 0.1) is 24.8 Å². The first-order chi connectivity index (χ1) is 14.8. The van der Waals surface area contributed by atoms with Crippen LogP contribution in [-0.2, 0) is 16.6 Å². The van der Waals surface area contributed by atoms with Crippen LogP contribution in [0.2, 0.25) is 0 Å². The number of hydrogen-bond acceptors (Lipinski definition) is 5. The molecule has 0 fully saturated rings. The van der Waals surface area contributed by atoms with E-state index in [9.17, 15) is 13.2 Å². The quantitative estimate of drug-likeness (QED) is 0.576. The number of nitrogens with zero attached hydrogens (tertiary/aromatic N) is 1. The number of rotatable bonds is 8. The smallest absolute Gasteiger partial charge is 0.255 e. The summed E-state index contributed by atoms with van der Waals surface area (Å²) in [5, 5.41) is 2.73. The summed E-state index contributed by atoms with van der Waals surface area (Å²) in [5.74, 6) is 0.698. The van der Waals surface area contributed by atoms with Crippen molar-refractivity contribution in [1.82, 2.24) is 4.31 Å². The highest BCUT2D eigenvalue weighted by atomic mass is 32.2. The van der Waals surface area contributed by atoms with Gasteiger partial charge >= 0.3 is 0 Å². The lowest BCUT2D eigenvalue weighted by atomic mass is 10.2. The molecule has 162 valence electrons. The summed E-state index contributed by atoms with van der Waals surface area (Å²) in [6.45, 7) is 0.185. The molecule has 3 aromatic carbocycles. The highest BCUT2D eigenvalue weighted by Gasteiger charge is 2.23. The van der Waals surface area contributed by atoms with E-state index in [1.165, 1.54) is 36.7 Å². The second-order valence-electron chi connectivity index (χ2n) is 6.79. The molecule has 0 saturated heterocycles. The van der Waals surface area contributed by atoms with Crippen LogP contribution in [0.25, 0.3) is 0 Å². The van der Waals surface area contributed by atoms with Gasteiger partial charge < -0.3 is 14.8 Å². The maximum Gasteiger partial charge on any atom is 0.255 e. The molecule has 0 aliphatic heterocycles. The molecule has 3 rings (SSSR count). The summed E-state index contributed by atoms with van der Waals surface area (Å²) in [5.41, 5.74) is 1.54. The number of methoxy groups -OCH3 is 2. The Morgan fingerprint density at radius 2 is 1.61 bits per heavy atom. The lowest BCUT2D eigenvalue weighted by Crippen LogP contribution is -2.26. The molecule has 0 bridgehead atoms. The second-order valence-corrected chi connectivity index (χ2v) is 8.84. The summed E-state index contributed by atoms with van der Waals surface area (Å²) >= 11 is 0. The van der Waals surface area contributed by atoms with Crippen LogP contribution in [0.4, 0.5) is 5.69 Å². The van der Waals surface area contributed by atoms with Gasteiger partial charge in [-0.15, -0.1) is 0 Å². The van der Waals surface area contributed by atoms with Gasteiger partial charge in [0.2, 0.25) is 10.0 Å². The van der Waals surface area contributed by atoms with Crippen LogP contribution in [0, 0.1) is 0 Å². The van der Waals surface area contributed by atoms with E-state index in [0.717, 1.165) is 5.56 Å². The van der Waals surface area contributed by atoms with E-state index < -0.39 is 10.0 Å². The zero-order chi connectivity index (χ0) is 22.4. The average Bonchev–Trinajstić information content (AvgIpc) is 2.80. The molecule has 0 heterocycles. The normalized spacial score (nSPS) is 11.2. The lowest BCUT2D eigenvalue weighted by Gasteiger charge is -2.19. The van der Waals surface area contributed by atoms with Crippen molar-refractivity contribution in [2.24, 2.45) is 0 Å². The molecule has 0 aliphatic carbocycles. The number of ether oxygens (including phenoxy) is 2. The number of carbonyl (C=O) groups excluding carboxylic acids is 1. The Kier molecular flexibility index (Phi) is 6.94. The Hall–Kier alpha value is -3.36. The number of hydrogen-bond donors (Lipinski definition) is 1. The topological polar surface area (TPSA) is 84.9 Å². The predicted octanol–water partition coefficient (Wildman–Crippen LogP) is 3.78. The Balaban J connectivity index is 1.84. The van der Waals surface area contributed by atoms with Crippen molar-refractivity contribution in [3.63, 3.8) is 0 Å². The van der Waals surface area contributed by atoms with E-state index in [1.807, 2.05) is 18.2 Å². The zero-order valence-electron chi connectivity index (χ0n) is 17.5. The number of anilines is 1. The SMILES string of the molecule is COc1ccc(CN(C)S(=O)(=O)c2ccc(OC)c(NC(=O)c3ccccc3)c2)cc1. The Bertz CT molecular complexity index is 1150. The van der Waals surface area contributed by atoms with Crippen LogP contribution in [0.5, 0.6) is 11.5 Å². The van der Waals surface area contributed by atoms with Gasteiger partial charge in [0, 0.05) is 19.2 Å². The van der Waals surface area contributed by atoms with Gasteiger partial charge in [-0.05, 0) is 48.0 Å². The van der Waals surface area contributed by atoms with E-state index in [2.05, 4.69) is 5.32 Å². The third-order valence-corrected chi connectivity index (χ3v) is 6.53. The van der Waals surface area contributed by atoms with Crippen molar-refractivity contribution in [3.05, 3.63) is 83.9 Å². The monoisotopic (exact) mass is 440 g/mol. The predicted molar refractivity (Wildman–Crippen MR) is 119 cm³/mol. The summed E-state index contributed by atoms with van der Waals surface area (Å²) in [6, 6.07) is 20.2. The third-order valence-electron chi connectivity index (χ3n) is 4.73. The van der Waals surface area contributed by atoms with E-state index in [1.54, 1.807) is 43.5 Å². The van der Waals surface area contributed by atoms with Gasteiger partial charge in [-0.1, -0.05) is 30.3 Å². The summed E-state index contributed by atoms with van der Waals surface area (Å²) in [4.78, 5) is 12.6. The molecular formula is C23H24N2O5S. The zero-order valence-corrected chi connectivity index (χ0v) is 18.3. The Morgan fingerprint density at radius 3 is 2.23 bits per heavy atom. The third kappa shape index (κ3) is 5.22. The molecule has 0 unspecified atom stereocenters. The average molecular weight is 441 g/mol. The standard InChI is InChI=1S/C23H24N2O5S/c1-25(16-17-9-11-19(29-2)12-10-17)31(27,28)20-13-14-22(30-3)21(15-20)24-23(26)18-7-5-4-6-8-18/h4-15H,16H2,1-3H3,(H,24,26). The molecule has 31 heavy (non-hydrogen) atoms. The van der Waals surface area contributed by atoms with E-state index in [4.69, 9.17) is 9.47 Å². The Morgan fingerprint density at radius 1 is 0.935 bits per heavy atom.